The molecule has 0 saturated carbocycles. The van der Waals surface area contributed by atoms with E-state index < -0.39 is 145 Å². The van der Waals surface area contributed by atoms with E-state index in [2.05, 4.69) is 47.9 Å². The smallest absolute Gasteiger partial charge is 0.322 e. The number of nitrogens with one attached hydrogen (secondary N) is 9. The van der Waals surface area contributed by atoms with Crippen molar-refractivity contribution in [3.63, 3.8) is 0 Å². The van der Waals surface area contributed by atoms with Gasteiger partial charge in [-0.1, -0.05) is 64.8 Å². The van der Waals surface area contributed by atoms with E-state index in [1.807, 2.05) is 0 Å². The minimum absolute atomic E-state index is 0.0250. The monoisotopic (exact) mass is 1300 g/mol. The second-order valence-electron chi connectivity index (χ2n) is 17.0. The topological polar surface area (TPSA) is 564 Å². The van der Waals surface area contributed by atoms with Crippen LogP contribution in [0.5, 0.6) is 0 Å². The summed E-state index contributed by atoms with van der Waals surface area (Å²) >= 11 is 0. The third-order valence-electron chi connectivity index (χ3n) is 10.3. The lowest BCUT2D eigenvalue weighted by atomic mass is 10.0. The number of nitrogens with two attached hydrogens (primary N) is 3. The zero-order valence-corrected chi connectivity index (χ0v) is 49.3. The van der Waals surface area contributed by atoms with E-state index in [0.717, 1.165) is 64.8 Å². The lowest BCUT2D eigenvalue weighted by molar-refractivity contribution is -0.140. The van der Waals surface area contributed by atoms with E-state index in [0.29, 0.717) is 0 Å². The Kier molecular flexibility index (Phi) is 37.7. The van der Waals surface area contributed by atoms with Crippen molar-refractivity contribution in [3.05, 3.63) is 34.9 Å². The molecule has 6 atom stereocenters. The Labute approximate surface area is 502 Å². The highest BCUT2D eigenvalue weighted by Gasteiger charge is 2.26. The van der Waals surface area contributed by atoms with Gasteiger partial charge in [-0.3, -0.25) is 71.9 Å². The van der Waals surface area contributed by atoms with Crippen molar-refractivity contribution in [1.29, 1.82) is 0 Å². The average Bonchev–Trinajstić information content (AvgIpc) is 3.58. The first kappa shape index (κ1) is 75.3. The summed E-state index contributed by atoms with van der Waals surface area (Å²) in [4.78, 5) is 182. The normalized spacial score (nSPS) is 12.9. The molecule has 0 radical (unpaired) electrons. The van der Waals surface area contributed by atoms with Gasteiger partial charge in [0.15, 0.2) is 0 Å². The molecule has 0 aromatic heterocycles. The molecular formula is C45H66N12O21S6. The summed E-state index contributed by atoms with van der Waals surface area (Å²) < 4.78 is 0. The second kappa shape index (κ2) is 42.1. The number of carboxylic acids is 6. The maximum atomic E-state index is 13.5. The van der Waals surface area contributed by atoms with Gasteiger partial charge in [0.25, 0.3) is 17.7 Å². The Morgan fingerprint density at radius 1 is 0.369 bits per heavy atom. The molecule has 0 spiro atoms. The molecule has 84 heavy (non-hydrogen) atoms. The Bertz CT molecular complexity index is 2230. The molecule has 0 saturated heterocycles. The molecule has 0 bridgehead atoms. The van der Waals surface area contributed by atoms with Crippen molar-refractivity contribution in [2.45, 2.75) is 74.8 Å². The van der Waals surface area contributed by atoms with Gasteiger partial charge in [-0.05, 0) is 37.5 Å². The van der Waals surface area contributed by atoms with Gasteiger partial charge in [0.1, 0.15) is 55.9 Å². The van der Waals surface area contributed by atoms with Gasteiger partial charge >= 0.3 is 35.8 Å². The Hall–Kier alpha value is -6.75. The summed E-state index contributed by atoms with van der Waals surface area (Å²) in [6.45, 7) is -2.34. The highest BCUT2D eigenvalue weighted by molar-refractivity contribution is 8.77. The van der Waals surface area contributed by atoms with Gasteiger partial charge in [0, 0.05) is 90.1 Å². The first-order chi connectivity index (χ1) is 39.6. The largest absolute Gasteiger partial charge is 0.480 e. The first-order valence-corrected chi connectivity index (χ1v) is 32.1. The number of hydrogen-bond acceptors (Lipinski definition) is 24. The quantitative estimate of drug-likeness (QED) is 0.0217. The van der Waals surface area contributed by atoms with Crippen molar-refractivity contribution >= 4 is 154 Å². The van der Waals surface area contributed by atoms with E-state index in [1.165, 1.54) is 18.2 Å². The minimum Gasteiger partial charge on any atom is -0.480 e. The average molecular weight is 1300 g/mol. The van der Waals surface area contributed by atoms with Crippen LogP contribution >= 0.6 is 64.8 Å². The van der Waals surface area contributed by atoms with Crippen LogP contribution in [-0.2, 0) is 57.5 Å². The van der Waals surface area contributed by atoms with Crippen molar-refractivity contribution in [2.24, 2.45) is 17.2 Å². The zero-order chi connectivity index (χ0) is 63.3. The molecule has 33 nitrogen and oxygen atoms in total. The molecule has 0 heterocycles. The van der Waals surface area contributed by atoms with E-state index in [9.17, 15) is 71.9 Å². The Morgan fingerprint density at radius 3 is 0.821 bits per heavy atom. The molecule has 0 aliphatic heterocycles. The van der Waals surface area contributed by atoms with Crippen molar-refractivity contribution < 1.29 is 103 Å². The minimum atomic E-state index is -1.35. The number of aliphatic carboxylic acids is 6. The molecule has 0 aliphatic rings. The number of carboxylic acid groups (broad SMARTS) is 6. The third-order valence-corrected chi connectivity index (χ3v) is 17.5. The van der Waals surface area contributed by atoms with Crippen LogP contribution in [0, 0.1) is 0 Å². The first-order valence-electron chi connectivity index (χ1n) is 24.7. The van der Waals surface area contributed by atoms with E-state index in [-0.39, 0.29) is 109 Å². The van der Waals surface area contributed by atoms with Crippen LogP contribution in [0.1, 0.15) is 69.6 Å². The number of carbonyl (C=O) groups is 15. The molecule has 0 fully saturated rings. The molecule has 1 rings (SSSR count). The highest BCUT2D eigenvalue weighted by atomic mass is 33.1. The van der Waals surface area contributed by atoms with E-state index >= 15 is 0 Å². The van der Waals surface area contributed by atoms with E-state index in [1.54, 1.807) is 0 Å². The molecule has 39 heteroatoms. The van der Waals surface area contributed by atoms with Gasteiger partial charge in [0.2, 0.25) is 35.4 Å². The fraction of sp³-hybridized carbons (Fsp3) is 0.533. The molecular weight excluding hydrogens is 1240 g/mol. The van der Waals surface area contributed by atoms with E-state index in [4.69, 9.17) is 47.8 Å². The summed E-state index contributed by atoms with van der Waals surface area (Å²) in [6, 6.07) is -4.15. The fourth-order valence-corrected chi connectivity index (χ4v) is 12.1. The fourth-order valence-electron chi connectivity index (χ4n) is 5.91. The molecule has 468 valence electrons. The van der Waals surface area contributed by atoms with Crippen LogP contribution in [0.25, 0.3) is 0 Å². The van der Waals surface area contributed by atoms with Gasteiger partial charge in [0.05, 0.1) is 0 Å². The van der Waals surface area contributed by atoms with Crippen LogP contribution in [0.2, 0.25) is 0 Å². The van der Waals surface area contributed by atoms with Crippen molar-refractivity contribution in [2.75, 3.05) is 73.8 Å². The van der Waals surface area contributed by atoms with Gasteiger partial charge in [-0.25, -0.2) is 0 Å². The zero-order valence-electron chi connectivity index (χ0n) is 44.4. The maximum Gasteiger partial charge on any atom is 0.322 e. The number of rotatable bonds is 45. The molecule has 9 amide bonds. The highest BCUT2D eigenvalue weighted by Crippen LogP contribution is 2.24. The van der Waals surface area contributed by atoms with Crippen LogP contribution in [-0.4, -0.2) is 230 Å². The second-order valence-corrected chi connectivity index (χ2v) is 24.9. The lowest BCUT2D eigenvalue weighted by Gasteiger charge is -2.18. The number of carbonyl (C=O) groups excluding carboxylic acids is 9. The molecule has 0 aliphatic carbocycles. The van der Waals surface area contributed by atoms with Crippen LogP contribution in [0.15, 0.2) is 18.2 Å². The maximum absolute atomic E-state index is 13.5. The van der Waals surface area contributed by atoms with Gasteiger partial charge in [-0.15, -0.1) is 0 Å². The lowest BCUT2D eigenvalue weighted by Crippen LogP contribution is -2.49. The number of hydrogen-bond donors (Lipinski definition) is 18. The summed E-state index contributed by atoms with van der Waals surface area (Å²) in [5, 5.41) is 75.6. The molecule has 21 N–H and O–H groups in total. The van der Waals surface area contributed by atoms with Gasteiger partial charge < -0.3 is 95.7 Å². The standard InChI is InChI=1S/C45H66N12O21S6/c46-25(43(73)74)1-4-31(58)55-28(40(70)52-16-34(61)62)19-82-79-10-7-49-37(67)22-13-23(38(68)50-8-11-80-83-20-29(41(71)53-17-35(63)64)56-32(59)5-2-26(47)44(75)76)15-24(14-22)39(69)51-9-12-81-84-21-30(42(72)54-18-36(65)66)57-33(60)6-3-27(48)45(77)78/h13-15,25-30H,1-12,16-21,46-48H2,(H,49,67)(H,50,68)(H,51,69)(H,52,70)(H,53,71)(H,54,72)(H,55,58)(H,56,59)(H,57,60)(H,61,62)(H,63,64)(H,65,66)(H,73,74)(H,75,76)(H,77,78)/t25-,26-,27-,28+,29+,30+/m0/s1. The predicted octanol–water partition coefficient (Wildman–Crippen LogP) is -4.35. The summed E-state index contributed by atoms with van der Waals surface area (Å²) in [5.74, 6) is -14.7. The summed E-state index contributed by atoms with van der Waals surface area (Å²) in [6.07, 6.45) is -1.79. The predicted molar refractivity (Wildman–Crippen MR) is 310 cm³/mol. The summed E-state index contributed by atoms with van der Waals surface area (Å²) in [5.41, 5.74) is 15.9. The Balaban J connectivity index is 3.15. The SMILES string of the molecule is N[C@@H](CCC(=O)N[C@H](CSSCCNC(=O)c1cc(C(=O)NCCSSC[C@@H](NC(=O)CC[C@H](N)C(=O)O)C(=O)NCC(=O)O)cc(C(=O)NCCSSC[C@@H](NC(=O)CC[C@H](N)C(=O)O)C(=O)NCC(=O)O)c1)C(=O)NCC(=O)O)C(=O)O. The van der Waals surface area contributed by atoms with Crippen LogP contribution in [0.4, 0.5) is 0 Å². The third kappa shape index (κ3) is 34.1. The molecule has 0 unspecified atom stereocenters. The van der Waals surface area contributed by atoms with Gasteiger partial charge in [-0.2, -0.15) is 0 Å². The molecule has 1 aromatic carbocycles. The number of benzene rings is 1. The number of amides is 9. The van der Waals surface area contributed by atoms with Crippen LogP contribution < -0.4 is 65.1 Å². The van der Waals surface area contributed by atoms with Crippen LogP contribution in [0.3, 0.4) is 0 Å². The Morgan fingerprint density at radius 2 is 0.607 bits per heavy atom. The van der Waals surface area contributed by atoms with Crippen molar-refractivity contribution in [3.8, 4) is 0 Å². The molecule has 1 aromatic rings. The summed E-state index contributed by atoms with van der Waals surface area (Å²) in [7, 11) is 6.61. The van der Waals surface area contributed by atoms with Crippen molar-refractivity contribution in [1.82, 2.24) is 47.9 Å².